The van der Waals surface area contributed by atoms with Crippen LogP contribution in [0.5, 0.6) is 0 Å². The molecule has 1 aliphatic heterocycles. The highest BCUT2D eigenvalue weighted by molar-refractivity contribution is 7.80. The van der Waals surface area contributed by atoms with Crippen molar-refractivity contribution in [2.24, 2.45) is 0 Å². The number of nitro benzene ring substituents is 1. The minimum Gasteiger partial charge on any atom is -0.366 e. The highest BCUT2D eigenvalue weighted by atomic mass is 32.1. The summed E-state index contributed by atoms with van der Waals surface area (Å²) >= 11 is 5.27. The molecule has 1 saturated heterocycles. The van der Waals surface area contributed by atoms with Crippen LogP contribution in [0.15, 0.2) is 54.7 Å². The Morgan fingerprint density at radius 3 is 2.65 bits per heavy atom. The summed E-state index contributed by atoms with van der Waals surface area (Å²) in [4.78, 5) is 30.2. The minimum absolute atomic E-state index is 0.0771. The molecular formula is C22H21N5O3S. The topological polar surface area (TPSA) is 100 Å². The van der Waals surface area contributed by atoms with Gasteiger partial charge in [0.15, 0.2) is 5.11 Å². The summed E-state index contributed by atoms with van der Waals surface area (Å²) in [5.41, 5.74) is 2.03. The summed E-state index contributed by atoms with van der Waals surface area (Å²) in [5.74, 6) is -0.515. The van der Waals surface area contributed by atoms with Gasteiger partial charge in [-0.2, -0.15) is 0 Å². The van der Waals surface area contributed by atoms with Gasteiger partial charge in [-0.3, -0.25) is 25.2 Å². The number of fused-ring (bicyclic) bond motifs is 1. The first kappa shape index (κ1) is 20.7. The molecule has 1 aromatic heterocycles. The van der Waals surface area contributed by atoms with Crippen molar-refractivity contribution in [3.63, 3.8) is 0 Å². The highest BCUT2D eigenvalue weighted by Crippen LogP contribution is 2.31. The molecule has 0 saturated carbocycles. The first-order chi connectivity index (χ1) is 15.0. The molecule has 31 heavy (non-hydrogen) atoms. The fourth-order valence-electron chi connectivity index (χ4n) is 3.75. The highest BCUT2D eigenvalue weighted by Gasteiger charge is 2.23. The van der Waals surface area contributed by atoms with Gasteiger partial charge in [-0.05, 0) is 55.7 Å². The molecule has 0 radical (unpaired) electrons. The molecule has 2 aromatic carbocycles. The van der Waals surface area contributed by atoms with Gasteiger partial charge in [-0.1, -0.05) is 18.2 Å². The normalized spacial score (nSPS) is 13.6. The van der Waals surface area contributed by atoms with Crippen LogP contribution in [0.1, 0.15) is 29.6 Å². The Hall–Kier alpha value is -3.59. The number of thiocarbonyl (C=S) groups is 1. The van der Waals surface area contributed by atoms with Crippen LogP contribution in [0.25, 0.3) is 10.9 Å². The Labute approximate surface area is 184 Å². The van der Waals surface area contributed by atoms with Gasteiger partial charge >= 0.3 is 0 Å². The van der Waals surface area contributed by atoms with Gasteiger partial charge in [0.05, 0.1) is 16.1 Å². The smallest absolute Gasteiger partial charge is 0.293 e. The number of amides is 1. The van der Waals surface area contributed by atoms with Gasteiger partial charge in [0, 0.05) is 36.3 Å². The monoisotopic (exact) mass is 435 g/mol. The number of aromatic nitrogens is 1. The lowest BCUT2D eigenvalue weighted by atomic mass is 10.1. The molecule has 2 heterocycles. The van der Waals surface area contributed by atoms with E-state index in [2.05, 4.69) is 15.6 Å². The maximum Gasteiger partial charge on any atom is 0.293 e. The lowest BCUT2D eigenvalue weighted by Gasteiger charge is -2.28. The summed E-state index contributed by atoms with van der Waals surface area (Å²) in [5, 5.41) is 18.2. The quantitative estimate of drug-likeness (QED) is 0.359. The maximum atomic E-state index is 12.7. The fraction of sp³-hybridized carbons (Fsp3) is 0.227. The van der Waals surface area contributed by atoms with Crippen LogP contribution in [0, 0.1) is 10.1 Å². The van der Waals surface area contributed by atoms with Crippen molar-refractivity contribution >= 4 is 51.2 Å². The van der Waals surface area contributed by atoms with E-state index in [1.807, 2.05) is 35.2 Å². The molecule has 0 atom stereocenters. The first-order valence-electron chi connectivity index (χ1n) is 10.0. The van der Waals surface area contributed by atoms with Gasteiger partial charge in [-0.25, -0.2) is 0 Å². The SMILES string of the molecule is O=C(NC(=S)Nc1cccc2cccnc12)c1ccc(N2CCCCC2)c([N+](=O)[O-])c1. The predicted octanol–water partition coefficient (Wildman–Crippen LogP) is 4.26. The van der Waals surface area contributed by atoms with E-state index < -0.39 is 10.8 Å². The van der Waals surface area contributed by atoms with Crippen LogP contribution in [-0.4, -0.2) is 34.0 Å². The van der Waals surface area contributed by atoms with E-state index in [9.17, 15) is 14.9 Å². The largest absolute Gasteiger partial charge is 0.366 e. The number of hydrogen-bond donors (Lipinski definition) is 2. The number of pyridine rings is 1. The average Bonchev–Trinajstić information content (AvgIpc) is 2.79. The van der Waals surface area contributed by atoms with E-state index in [4.69, 9.17) is 12.2 Å². The van der Waals surface area contributed by atoms with Gasteiger partial charge in [0.2, 0.25) is 0 Å². The predicted molar refractivity (Wildman–Crippen MR) is 125 cm³/mol. The number of carbonyl (C=O) groups is 1. The zero-order valence-corrected chi connectivity index (χ0v) is 17.5. The number of carbonyl (C=O) groups excluding carboxylic acids is 1. The molecule has 158 valence electrons. The summed E-state index contributed by atoms with van der Waals surface area (Å²) in [6.45, 7) is 1.55. The van der Waals surface area contributed by atoms with Crippen LogP contribution in [0.2, 0.25) is 0 Å². The summed E-state index contributed by atoms with van der Waals surface area (Å²) in [7, 11) is 0. The second-order valence-corrected chi connectivity index (χ2v) is 7.71. The third-order valence-electron chi connectivity index (χ3n) is 5.24. The molecular weight excluding hydrogens is 414 g/mol. The Morgan fingerprint density at radius 1 is 1.10 bits per heavy atom. The number of nitrogens with one attached hydrogen (secondary N) is 2. The van der Waals surface area contributed by atoms with Crippen molar-refractivity contribution in [1.82, 2.24) is 10.3 Å². The van der Waals surface area contributed by atoms with Crippen LogP contribution < -0.4 is 15.5 Å². The molecule has 0 bridgehead atoms. The lowest BCUT2D eigenvalue weighted by Crippen LogP contribution is -2.34. The van der Waals surface area contributed by atoms with E-state index in [-0.39, 0.29) is 16.4 Å². The Balaban J connectivity index is 1.50. The van der Waals surface area contributed by atoms with Crippen molar-refractivity contribution in [3.8, 4) is 0 Å². The molecule has 1 fully saturated rings. The van der Waals surface area contributed by atoms with E-state index in [1.165, 1.54) is 6.07 Å². The number of nitrogens with zero attached hydrogens (tertiary/aromatic N) is 3. The number of para-hydroxylation sites is 1. The zero-order chi connectivity index (χ0) is 21.8. The molecule has 8 nitrogen and oxygen atoms in total. The third kappa shape index (κ3) is 4.61. The second kappa shape index (κ2) is 9.05. The molecule has 0 spiro atoms. The standard InChI is InChI=1S/C22H21N5O3S/c28-21(25-22(31)24-17-8-4-6-15-7-5-11-23-20(15)17)16-9-10-18(19(14-16)27(29)30)26-12-2-1-3-13-26/h4-11,14H,1-3,12-13H2,(H2,24,25,28,31). The number of benzene rings is 2. The fourth-order valence-corrected chi connectivity index (χ4v) is 3.95. The van der Waals surface area contributed by atoms with Crippen molar-refractivity contribution < 1.29 is 9.72 Å². The third-order valence-corrected chi connectivity index (χ3v) is 5.44. The Bertz CT molecular complexity index is 1160. The molecule has 0 aliphatic carbocycles. The van der Waals surface area contributed by atoms with Crippen LogP contribution in [-0.2, 0) is 0 Å². The van der Waals surface area contributed by atoms with E-state index in [0.29, 0.717) is 11.4 Å². The summed E-state index contributed by atoms with van der Waals surface area (Å²) < 4.78 is 0. The molecule has 3 aromatic rings. The van der Waals surface area contributed by atoms with Crippen molar-refractivity contribution in [1.29, 1.82) is 0 Å². The minimum atomic E-state index is -0.515. The van der Waals surface area contributed by atoms with Gasteiger partial charge in [-0.15, -0.1) is 0 Å². The Morgan fingerprint density at radius 2 is 1.87 bits per heavy atom. The first-order valence-corrected chi connectivity index (χ1v) is 10.4. The number of anilines is 2. The molecule has 2 N–H and O–H groups in total. The Kier molecular flexibility index (Phi) is 6.03. The number of hydrogen-bond acceptors (Lipinski definition) is 6. The number of piperidine rings is 1. The van der Waals surface area contributed by atoms with Crippen LogP contribution in [0.3, 0.4) is 0 Å². The van der Waals surface area contributed by atoms with E-state index >= 15 is 0 Å². The zero-order valence-electron chi connectivity index (χ0n) is 16.7. The van der Waals surface area contributed by atoms with Gasteiger partial charge < -0.3 is 10.2 Å². The van der Waals surface area contributed by atoms with Crippen LogP contribution in [0.4, 0.5) is 17.1 Å². The molecule has 1 amide bonds. The maximum absolute atomic E-state index is 12.7. The van der Waals surface area contributed by atoms with Crippen molar-refractivity contribution in [2.45, 2.75) is 19.3 Å². The summed E-state index contributed by atoms with van der Waals surface area (Å²) in [6, 6.07) is 13.9. The molecule has 4 rings (SSSR count). The van der Waals surface area contributed by atoms with Gasteiger partial charge in [0.1, 0.15) is 5.69 Å². The lowest BCUT2D eigenvalue weighted by molar-refractivity contribution is -0.384. The van der Waals surface area contributed by atoms with E-state index in [0.717, 1.165) is 43.3 Å². The second-order valence-electron chi connectivity index (χ2n) is 7.30. The number of nitro groups is 1. The van der Waals surface area contributed by atoms with Crippen LogP contribution >= 0.6 is 12.2 Å². The van der Waals surface area contributed by atoms with Gasteiger partial charge in [0.25, 0.3) is 11.6 Å². The molecule has 0 unspecified atom stereocenters. The van der Waals surface area contributed by atoms with Crippen molar-refractivity contribution in [2.75, 3.05) is 23.3 Å². The molecule has 9 heteroatoms. The summed E-state index contributed by atoms with van der Waals surface area (Å²) in [6.07, 6.45) is 4.81. The van der Waals surface area contributed by atoms with E-state index in [1.54, 1.807) is 18.3 Å². The molecule has 1 aliphatic rings. The average molecular weight is 436 g/mol. The van der Waals surface area contributed by atoms with Crippen molar-refractivity contribution in [3.05, 3.63) is 70.4 Å². The number of rotatable bonds is 4.